The summed E-state index contributed by atoms with van der Waals surface area (Å²) in [6.45, 7) is 12.5. The van der Waals surface area contributed by atoms with E-state index in [2.05, 4.69) is 63.4 Å². The third-order valence-corrected chi connectivity index (χ3v) is 8.68. The highest BCUT2D eigenvalue weighted by Crippen LogP contribution is 2.37. The Morgan fingerprint density at radius 3 is 2.21 bits per heavy atom. The van der Waals surface area contributed by atoms with Crippen LogP contribution in [0.15, 0.2) is 24.3 Å². The topological polar surface area (TPSA) is 21.3 Å². The van der Waals surface area contributed by atoms with Gasteiger partial charge in [-0.2, -0.15) is 0 Å². The molecule has 0 spiro atoms. The maximum absolute atomic E-state index is 6.27. The zero-order valence-corrected chi connectivity index (χ0v) is 13.9. The summed E-state index contributed by atoms with van der Waals surface area (Å²) >= 11 is 0. The van der Waals surface area contributed by atoms with E-state index in [0.29, 0.717) is 0 Å². The van der Waals surface area contributed by atoms with E-state index in [1.165, 1.54) is 18.5 Å². The Morgan fingerprint density at radius 2 is 1.74 bits per heavy atom. The van der Waals surface area contributed by atoms with E-state index in [9.17, 15) is 0 Å². The molecule has 0 aliphatic heterocycles. The first-order valence-electron chi connectivity index (χ1n) is 7.31. The van der Waals surface area contributed by atoms with Crippen molar-refractivity contribution in [2.45, 2.75) is 51.7 Å². The number of benzene rings is 1. The van der Waals surface area contributed by atoms with E-state index < -0.39 is 8.32 Å². The minimum Gasteiger partial charge on any atom is -0.544 e. The Labute approximate surface area is 118 Å². The van der Waals surface area contributed by atoms with Crippen LogP contribution in [-0.4, -0.2) is 14.9 Å². The van der Waals surface area contributed by atoms with Crippen molar-refractivity contribution in [1.82, 2.24) is 0 Å². The first kappa shape index (κ1) is 14.4. The Morgan fingerprint density at radius 1 is 1.16 bits per heavy atom. The fraction of sp³-hybridized carbons (Fsp3) is 0.625. The second-order valence-electron chi connectivity index (χ2n) is 7.21. The van der Waals surface area contributed by atoms with Gasteiger partial charge in [-0.15, -0.1) is 0 Å². The molecule has 2 rings (SSSR count). The van der Waals surface area contributed by atoms with Crippen molar-refractivity contribution in [3.8, 4) is 5.75 Å². The van der Waals surface area contributed by atoms with Crippen LogP contribution in [0.1, 0.15) is 33.6 Å². The van der Waals surface area contributed by atoms with E-state index in [1.54, 1.807) is 0 Å². The second-order valence-corrected chi connectivity index (χ2v) is 11.9. The lowest BCUT2D eigenvalue weighted by Gasteiger charge is -2.36. The molecular weight excluding hydrogens is 250 g/mol. The van der Waals surface area contributed by atoms with Gasteiger partial charge in [0.05, 0.1) is 0 Å². The molecule has 0 heterocycles. The van der Waals surface area contributed by atoms with Crippen LogP contribution in [0.4, 0.5) is 5.69 Å². The molecule has 0 amide bonds. The minimum atomic E-state index is -1.71. The molecule has 1 aliphatic carbocycles. The molecule has 1 aliphatic rings. The first-order chi connectivity index (χ1) is 8.78. The highest BCUT2D eigenvalue weighted by atomic mass is 28.4. The molecule has 1 fully saturated rings. The maximum atomic E-state index is 6.27. The monoisotopic (exact) mass is 277 g/mol. The van der Waals surface area contributed by atoms with E-state index in [-0.39, 0.29) is 5.04 Å². The fourth-order valence-corrected chi connectivity index (χ4v) is 2.70. The first-order valence-corrected chi connectivity index (χ1v) is 10.2. The van der Waals surface area contributed by atoms with Crippen LogP contribution in [0.2, 0.25) is 18.1 Å². The molecule has 0 radical (unpaired) electrons. The van der Waals surface area contributed by atoms with Crippen LogP contribution in [0.5, 0.6) is 5.75 Å². The van der Waals surface area contributed by atoms with Gasteiger partial charge in [-0.05, 0) is 61.2 Å². The number of nitrogens with one attached hydrogen (secondary N) is 1. The highest BCUT2D eigenvalue weighted by molar-refractivity contribution is 6.74. The molecule has 0 saturated heterocycles. The summed E-state index contributed by atoms with van der Waals surface area (Å²) in [4.78, 5) is 0. The summed E-state index contributed by atoms with van der Waals surface area (Å²) in [6.07, 6.45) is 2.78. The van der Waals surface area contributed by atoms with Crippen LogP contribution in [-0.2, 0) is 0 Å². The fourth-order valence-electron chi connectivity index (χ4n) is 1.67. The van der Waals surface area contributed by atoms with Crippen LogP contribution in [0.25, 0.3) is 0 Å². The van der Waals surface area contributed by atoms with E-state index >= 15 is 0 Å². The van der Waals surface area contributed by atoms with Gasteiger partial charge >= 0.3 is 0 Å². The van der Waals surface area contributed by atoms with E-state index in [0.717, 1.165) is 18.2 Å². The molecule has 1 aromatic rings. The van der Waals surface area contributed by atoms with Crippen molar-refractivity contribution in [2.24, 2.45) is 5.92 Å². The van der Waals surface area contributed by atoms with Crippen molar-refractivity contribution >= 4 is 14.0 Å². The van der Waals surface area contributed by atoms with Gasteiger partial charge in [0.2, 0.25) is 8.32 Å². The molecule has 106 valence electrons. The Hall–Kier alpha value is -0.963. The average molecular weight is 277 g/mol. The quantitative estimate of drug-likeness (QED) is 0.773. The third-order valence-electron chi connectivity index (χ3n) is 4.33. The zero-order chi connectivity index (χ0) is 14.1. The van der Waals surface area contributed by atoms with Gasteiger partial charge < -0.3 is 9.74 Å². The molecular formula is C16H27NOSi. The number of anilines is 1. The molecule has 19 heavy (non-hydrogen) atoms. The molecule has 2 nitrogen and oxygen atoms in total. The van der Waals surface area contributed by atoms with Gasteiger partial charge in [0.15, 0.2) is 0 Å². The van der Waals surface area contributed by atoms with E-state index in [4.69, 9.17) is 4.43 Å². The lowest BCUT2D eigenvalue weighted by molar-refractivity contribution is 0.492. The standard InChI is InChI=1S/C16H27NOSi/c1-16(2,3)19(4,5)18-15-10-8-14(9-11-15)17-12-13-6-7-13/h8-11,13,17H,6-7,12H2,1-5H3. The maximum Gasteiger partial charge on any atom is 0.250 e. The van der Waals surface area contributed by atoms with Crippen molar-refractivity contribution in [3.63, 3.8) is 0 Å². The summed E-state index contributed by atoms with van der Waals surface area (Å²) in [5, 5.41) is 3.73. The van der Waals surface area contributed by atoms with Crippen molar-refractivity contribution in [3.05, 3.63) is 24.3 Å². The summed E-state index contributed by atoms with van der Waals surface area (Å²) in [5.41, 5.74) is 1.20. The van der Waals surface area contributed by atoms with Gasteiger partial charge in [-0.3, -0.25) is 0 Å². The molecule has 1 N–H and O–H groups in total. The molecule has 0 aromatic heterocycles. The number of rotatable bonds is 5. The zero-order valence-electron chi connectivity index (χ0n) is 12.9. The minimum absolute atomic E-state index is 0.246. The predicted molar refractivity (Wildman–Crippen MR) is 85.5 cm³/mol. The summed E-state index contributed by atoms with van der Waals surface area (Å²) in [5.74, 6) is 1.91. The van der Waals surface area contributed by atoms with Gasteiger partial charge in [0.25, 0.3) is 0 Å². The predicted octanol–water partition coefficient (Wildman–Crippen LogP) is 4.89. The van der Waals surface area contributed by atoms with Crippen LogP contribution < -0.4 is 9.74 Å². The van der Waals surface area contributed by atoms with Crippen molar-refractivity contribution < 1.29 is 4.43 Å². The average Bonchev–Trinajstić information content (AvgIpc) is 3.10. The van der Waals surface area contributed by atoms with Crippen LogP contribution in [0.3, 0.4) is 0 Å². The van der Waals surface area contributed by atoms with Crippen LogP contribution in [0, 0.1) is 5.92 Å². The summed E-state index contributed by atoms with van der Waals surface area (Å²) in [7, 11) is -1.71. The molecule has 0 atom stereocenters. The molecule has 3 heteroatoms. The Balaban J connectivity index is 1.94. The lowest BCUT2D eigenvalue weighted by atomic mass is 10.2. The highest BCUT2D eigenvalue weighted by Gasteiger charge is 2.38. The normalized spacial score (nSPS) is 16.3. The second kappa shape index (κ2) is 5.20. The van der Waals surface area contributed by atoms with Gasteiger partial charge in [-0.1, -0.05) is 20.8 Å². The van der Waals surface area contributed by atoms with Gasteiger partial charge in [0, 0.05) is 12.2 Å². The molecule has 0 unspecified atom stereocenters. The Bertz CT molecular complexity index is 415. The Kier molecular flexibility index (Phi) is 3.95. The summed E-state index contributed by atoms with van der Waals surface area (Å²) in [6, 6.07) is 8.45. The third kappa shape index (κ3) is 4.00. The van der Waals surface area contributed by atoms with Crippen molar-refractivity contribution in [1.29, 1.82) is 0 Å². The molecule has 0 bridgehead atoms. The van der Waals surface area contributed by atoms with Crippen molar-refractivity contribution in [2.75, 3.05) is 11.9 Å². The number of hydrogen-bond acceptors (Lipinski definition) is 2. The lowest BCUT2D eigenvalue weighted by Crippen LogP contribution is -2.43. The van der Waals surface area contributed by atoms with Gasteiger partial charge in [-0.25, -0.2) is 0 Å². The largest absolute Gasteiger partial charge is 0.544 e. The van der Waals surface area contributed by atoms with Crippen LogP contribution >= 0.6 is 0 Å². The SMILES string of the molecule is CC(C)(C)[Si](C)(C)Oc1ccc(NCC2CC2)cc1. The number of hydrogen-bond donors (Lipinski definition) is 1. The van der Waals surface area contributed by atoms with E-state index in [1.807, 2.05) is 0 Å². The smallest absolute Gasteiger partial charge is 0.250 e. The molecule has 1 saturated carbocycles. The molecule has 1 aromatic carbocycles. The summed E-state index contributed by atoms with van der Waals surface area (Å²) < 4.78 is 6.27. The van der Waals surface area contributed by atoms with Gasteiger partial charge in [0.1, 0.15) is 5.75 Å².